The monoisotopic (exact) mass is 373 g/mol. The molecule has 2 aliphatic rings. The van der Waals surface area contributed by atoms with Gasteiger partial charge in [0.1, 0.15) is 0 Å². The second-order valence-electron chi connectivity index (χ2n) is 6.70. The number of rotatable bonds is 4. The summed E-state index contributed by atoms with van der Waals surface area (Å²) in [4.78, 5) is 30.4. The SMILES string of the molecule is Cc1nc(N2CCN(C)CC2)ncc1C(=O)NCc1cn2c(n1)SCC2. The third-order valence-corrected chi connectivity index (χ3v) is 5.75. The van der Waals surface area contributed by atoms with Gasteiger partial charge < -0.3 is 19.7 Å². The largest absolute Gasteiger partial charge is 0.346 e. The first-order valence-corrected chi connectivity index (χ1v) is 9.83. The highest BCUT2D eigenvalue weighted by Crippen LogP contribution is 2.24. The summed E-state index contributed by atoms with van der Waals surface area (Å²) in [5, 5.41) is 3.96. The normalized spacial score (nSPS) is 17.4. The molecule has 1 fully saturated rings. The standard InChI is InChI=1S/C17H23N7OS/c1-12-14(10-19-16(20-12)23-5-3-22(2)4-6-23)15(25)18-9-13-11-24-7-8-26-17(24)21-13/h10-11H,3-9H2,1-2H3,(H,18,25). The van der Waals surface area contributed by atoms with Crippen molar-refractivity contribution in [1.29, 1.82) is 0 Å². The number of amides is 1. The molecule has 0 saturated carbocycles. The highest BCUT2D eigenvalue weighted by atomic mass is 32.2. The van der Waals surface area contributed by atoms with E-state index in [1.165, 1.54) is 0 Å². The third-order valence-electron chi connectivity index (χ3n) is 4.78. The lowest BCUT2D eigenvalue weighted by molar-refractivity contribution is 0.0949. The zero-order chi connectivity index (χ0) is 18.1. The number of aryl methyl sites for hydroxylation is 2. The lowest BCUT2D eigenvalue weighted by Crippen LogP contribution is -2.45. The van der Waals surface area contributed by atoms with Gasteiger partial charge in [-0.2, -0.15) is 0 Å². The lowest BCUT2D eigenvalue weighted by Gasteiger charge is -2.32. The first-order chi connectivity index (χ1) is 12.6. The number of imidazole rings is 1. The predicted octanol–water partition coefficient (Wildman–Crippen LogP) is 0.769. The van der Waals surface area contributed by atoms with E-state index in [2.05, 4.69) is 41.7 Å². The number of carbonyl (C=O) groups excluding carboxylic acids is 1. The van der Waals surface area contributed by atoms with Crippen LogP contribution in [0.5, 0.6) is 0 Å². The highest BCUT2D eigenvalue weighted by molar-refractivity contribution is 7.99. The number of carbonyl (C=O) groups is 1. The van der Waals surface area contributed by atoms with Crippen molar-refractivity contribution in [2.45, 2.75) is 25.2 Å². The summed E-state index contributed by atoms with van der Waals surface area (Å²) >= 11 is 1.75. The van der Waals surface area contributed by atoms with Crippen LogP contribution in [0.1, 0.15) is 21.7 Å². The molecule has 2 aliphatic heterocycles. The van der Waals surface area contributed by atoms with Gasteiger partial charge in [0.2, 0.25) is 5.95 Å². The summed E-state index contributed by atoms with van der Waals surface area (Å²) in [6.07, 6.45) is 3.64. The topological polar surface area (TPSA) is 79.2 Å². The van der Waals surface area contributed by atoms with E-state index in [1.807, 2.05) is 13.1 Å². The van der Waals surface area contributed by atoms with Crippen LogP contribution in [-0.4, -0.2) is 69.3 Å². The van der Waals surface area contributed by atoms with Crippen molar-refractivity contribution in [3.05, 3.63) is 29.3 Å². The van der Waals surface area contributed by atoms with Gasteiger partial charge in [-0.15, -0.1) is 0 Å². The molecule has 0 aliphatic carbocycles. The van der Waals surface area contributed by atoms with Gasteiger partial charge in [0.15, 0.2) is 5.16 Å². The molecule has 9 heteroatoms. The molecular weight excluding hydrogens is 350 g/mol. The van der Waals surface area contributed by atoms with Gasteiger partial charge in [0.25, 0.3) is 5.91 Å². The van der Waals surface area contributed by atoms with E-state index in [4.69, 9.17) is 0 Å². The molecule has 0 spiro atoms. The lowest BCUT2D eigenvalue weighted by atomic mass is 10.2. The molecule has 0 unspecified atom stereocenters. The number of hydrogen-bond acceptors (Lipinski definition) is 7. The quantitative estimate of drug-likeness (QED) is 0.848. The highest BCUT2D eigenvalue weighted by Gasteiger charge is 2.19. The number of anilines is 1. The van der Waals surface area contributed by atoms with Gasteiger partial charge in [-0.3, -0.25) is 4.79 Å². The minimum absolute atomic E-state index is 0.159. The van der Waals surface area contributed by atoms with Crippen LogP contribution in [0, 0.1) is 6.92 Å². The van der Waals surface area contributed by atoms with E-state index in [-0.39, 0.29) is 5.91 Å². The molecule has 0 aromatic carbocycles. The van der Waals surface area contributed by atoms with E-state index < -0.39 is 0 Å². The molecule has 8 nitrogen and oxygen atoms in total. The molecule has 26 heavy (non-hydrogen) atoms. The second-order valence-corrected chi connectivity index (χ2v) is 7.76. The van der Waals surface area contributed by atoms with Crippen molar-refractivity contribution >= 4 is 23.6 Å². The van der Waals surface area contributed by atoms with Crippen molar-refractivity contribution in [1.82, 2.24) is 29.7 Å². The molecule has 4 heterocycles. The number of piperazine rings is 1. The summed E-state index contributed by atoms with van der Waals surface area (Å²) < 4.78 is 2.13. The molecule has 1 amide bonds. The van der Waals surface area contributed by atoms with Crippen LogP contribution >= 0.6 is 11.8 Å². The Hall–Kier alpha value is -2.13. The van der Waals surface area contributed by atoms with Gasteiger partial charge in [-0.25, -0.2) is 15.0 Å². The maximum absolute atomic E-state index is 12.5. The smallest absolute Gasteiger partial charge is 0.255 e. The van der Waals surface area contributed by atoms with Crippen LogP contribution in [0.3, 0.4) is 0 Å². The Kier molecular flexibility index (Phi) is 4.82. The molecule has 2 aromatic heterocycles. The molecule has 2 aromatic rings. The van der Waals surface area contributed by atoms with Crippen LogP contribution in [0.4, 0.5) is 5.95 Å². The molecule has 0 radical (unpaired) electrons. The minimum Gasteiger partial charge on any atom is -0.346 e. The fourth-order valence-corrected chi connectivity index (χ4v) is 4.11. The minimum atomic E-state index is -0.159. The Morgan fingerprint density at radius 2 is 2.04 bits per heavy atom. The Bertz CT molecular complexity index is 792. The zero-order valence-corrected chi connectivity index (χ0v) is 15.9. The number of nitrogens with one attached hydrogen (secondary N) is 1. The first-order valence-electron chi connectivity index (χ1n) is 8.84. The average molecular weight is 373 g/mol. The summed E-state index contributed by atoms with van der Waals surface area (Å²) in [6, 6.07) is 0. The number of aromatic nitrogens is 4. The third kappa shape index (κ3) is 3.54. The van der Waals surface area contributed by atoms with E-state index in [9.17, 15) is 4.79 Å². The summed E-state index contributed by atoms with van der Waals surface area (Å²) in [5.74, 6) is 1.62. The Morgan fingerprint density at radius 3 is 2.77 bits per heavy atom. The average Bonchev–Trinajstić information content (AvgIpc) is 3.22. The van der Waals surface area contributed by atoms with Crippen molar-refractivity contribution in [2.24, 2.45) is 0 Å². The predicted molar refractivity (Wildman–Crippen MR) is 101 cm³/mol. The summed E-state index contributed by atoms with van der Waals surface area (Å²) in [7, 11) is 2.12. The Balaban J connectivity index is 1.39. The van der Waals surface area contributed by atoms with Crippen LogP contribution in [0.15, 0.2) is 17.6 Å². The maximum Gasteiger partial charge on any atom is 0.255 e. The molecule has 4 rings (SSSR count). The molecule has 0 atom stereocenters. The summed E-state index contributed by atoms with van der Waals surface area (Å²) in [6.45, 7) is 7.07. The van der Waals surface area contributed by atoms with Gasteiger partial charge in [0.05, 0.1) is 23.5 Å². The Labute approximate surface area is 157 Å². The molecular formula is C17H23N7OS. The van der Waals surface area contributed by atoms with Crippen molar-refractivity contribution in [3.63, 3.8) is 0 Å². The number of fused-ring (bicyclic) bond motifs is 1. The van der Waals surface area contributed by atoms with Gasteiger partial charge in [-0.1, -0.05) is 11.8 Å². The number of thioether (sulfide) groups is 1. The molecule has 138 valence electrons. The van der Waals surface area contributed by atoms with Crippen LogP contribution in [-0.2, 0) is 13.1 Å². The van der Waals surface area contributed by atoms with Crippen LogP contribution in [0.25, 0.3) is 0 Å². The fourth-order valence-electron chi connectivity index (χ4n) is 3.15. The fraction of sp³-hybridized carbons (Fsp3) is 0.529. The maximum atomic E-state index is 12.5. The summed E-state index contributed by atoms with van der Waals surface area (Å²) in [5.41, 5.74) is 2.10. The van der Waals surface area contributed by atoms with Gasteiger partial charge in [-0.05, 0) is 14.0 Å². The number of nitrogens with zero attached hydrogens (tertiary/aromatic N) is 6. The number of likely N-dealkylation sites (N-methyl/N-ethyl adjacent to an activating group) is 1. The first kappa shape index (κ1) is 17.3. The second kappa shape index (κ2) is 7.24. The zero-order valence-electron chi connectivity index (χ0n) is 15.1. The van der Waals surface area contributed by atoms with Crippen molar-refractivity contribution in [3.8, 4) is 0 Å². The molecule has 0 bridgehead atoms. The van der Waals surface area contributed by atoms with Gasteiger partial charge >= 0.3 is 0 Å². The van der Waals surface area contributed by atoms with Crippen molar-refractivity contribution < 1.29 is 4.79 Å². The molecule has 1 saturated heterocycles. The van der Waals surface area contributed by atoms with E-state index in [0.717, 1.165) is 49.3 Å². The van der Waals surface area contributed by atoms with Crippen LogP contribution < -0.4 is 10.2 Å². The van der Waals surface area contributed by atoms with E-state index in [1.54, 1.807) is 18.0 Å². The van der Waals surface area contributed by atoms with Crippen LogP contribution in [0.2, 0.25) is 0 Å². The van der Waals surface area contributed by atoms with E-state index in [0.29, 0.717) is 23.8 Å². The van der Waals surface area contributed by atoms with E-state index >= 15 is 0 Å². The van der Waals surface area contributed by atoms with Gasteiger partial charge in [0, 0.05) is 50.9 Å². The Morgan fingerprint density at radius 1 is 1.23 bits per heavy atom. The molecule has 1 N–H and O–H groups in total. The van der Waals surface area contributed by atoms with Crippen molar-refractivity contribution in [2.75, 3.05) is 43.9 Å². The number of hydrogen-bond donors (Lipinski definition) is 1.